The van der Waals surface area contributed by atoms with E-state index < -0.39 is 23.4 Å². The second-order valence-corrected chi connectivity index (χ2v) is 8.21. The van der Waals surface area contributed by atoms with E-state index in [1.54, 1.807) is 0 Å². The average Bonchev–Trinajstić information content (AvgIpc) is 2.66. The van der Waals surface area contributed by atoms with E-state index >= 15 is 0 Å². The van der Waals surface area contributed by atoms with Gasteiger partial charge in [-0.25, -0.2) is 18.2 Å². The predicted molar refractivity (Wildman–Crippen MR) is 106 cm³/mol. The average molecular weight is 406 g/mol. The molecule has 3 rings (SSSR count). The summed E-state index contributed by atoms with van der Waals surface area (Å²) in [7, 11) is 0. The zero-order valence-corrected chi connectivity index (χ0v) is 16.7. The molecule has 8 heteroatoms. The summed E-state index contributed by atoms with van der Waals surface area (Å²) in [5.41, 5.74) is 0.284. The Morgan fingerprint density at radius 1 is 1.10 bits per heavy atom. The first kappa shape index (κ1) is 21.1. The fourth-order valence-electron chi connectivity index (χ4n) is 3.38. The molecule has 29 heavy (non-hydrogen) atoms. The van der Waals surface area contributed by atoms with Gasteiger partial charge in [-0.05, 0) is 51.8 Å². The van der Waals surface area contributed by atoms with Crippen LogP contribution < -0.4 is 10.6 Å². The lowest BCUT2D eigenvalue weighted by Crippen LogP contribution is -2.50. The number of hydrogen-bond acceptors (Lipinski definition) is 4. The number of halogens is 3. The zero-order chi connectivity index (χ0) is 21.2. The molecule has 0 spiro atoms. The van der Waals surface area contributed by atoms with Crippen molar-refractivity contribution >= 4 is 17.4 Å². The van der Waals surface area contributed by atoms with E-state index in [9.17, 15) is 18.0 Å². The van der Waals surface area contributed by atoms with Gasteiger partial charge in [0.15, 0.2) is 11.6 Å². The highest BCUT2D eigenvalue weighted by Crippen LogP contribution is 2.23. The number of aromatic nitrogens is 1. The van der Waals surface area contributed by atoms with E-state index in [0.717, 1.165) is 50.3 Å². The van der Waals surface area contributed by atoms with Gasteiger partial charge in [0.25, 0.3) is 5.91 Å². The summed E-state index contributed by atoms with van der Waals surface area (Å²) < 4.78 is 40.3. The molecule has 1 aromatic heterocycles. The smallest absolute Gasteiger partial charge is 0.255 e. The Hall–Kier alpha value is -2.61. The SMILES string of the molecule is CC(C)(C)N1CCC(NC(=O)c2cc(F)cnc2Nc2ccc(F)c(F)c2)CC1. The maximum Gasteiger partial charge on any atom is 0.255 e. The van der Waals surface area contributed by atoms with Crippen molar-refractivity contribution in [3.63, 3.8) is 0 Å². The topological polar surface area (TPSA) is 57.3 Å². The number of nitrogens with one attached hydrogen (secondary N) is 2. The summed E-state index contributed by atoms with van der Waals surface area (Å²) in [6.45, 7) is 8.17. The van der Waals surface area contributed by atoms with Crippen molar-refractivity contribution in [1.82, 2.24) is 15.2 Å². The molecule has 1 amide bonds. The largest absolute Gasteiger partial charge is 0.349 e. The lowest BCUT2D eigenvalue weighted by Gasteiger charge is -2.41. The maximum absolute atomic E-state index is 13.7. The quantitative estimate of drug-likeness (QED) is 0.798. The van der Waals surface area contributed by atoms with Gasteiger partial charge >= 0.3 is 0 Å². The van der Waals surface area contributed by atoms with Crippen molar-refractivity contribution in [1.29, 1.82) is 0 Å². The van der Waals surface area contributed by atoms with Crippen molar-refractivity contribution in [3.05, 3.63) is 53.5 Å². The number of hydrogen-bond donors (Lipinski definition) is 2. The molecule has 0 unspecified atom stereocenters. The highest BCUT2D eigenvalue weighted by atomic mass is 19.2. The second kappa shape index (κ2) is 8.41. The molecule has 0 saturated carbocycles. The Bertz CT molecular complexity index is 890. The lowest BCUT2D eigenvalue weighted by molar-refractivity contribution is 0.0812. The summed E-state index contributed by atoms with van der Waals surface area (Å²) >= 11 is 0. The highest BCUT2D eigenvalue weighted by molar-refractivity contribution is 5.99. The minimum absolute atomic E-state index is 0.00739. The van der Waals surface area contributed by atoms with Gasteiger partial charge in [-0.15, -0.1) is 0 Å². The Kier molecular flexibility index (Phi) is 6.12. The van der Waals surface area contributed by atoms with Crippen LogP contribution in [-0.4, -0.2) is 40.5 Å². The van der Waals surface area contributed by atoms with Crippen molar-refractivity contribution in [2.75, 3.05) is 18.4 Å². The van der Waals surface area contributed by atoms with E-state index in [2.05, 4.69) is 41.3 Å². The molecule has 1 saturated heterocycles. The Balaban J connectivity index is 1.72. The number of pyridine rings is 1. The number of anilines is 2. The fourth-order valence-corrected chi connectivity index (χ4v) is 3.38. The Morgan fingerprint density at radius 2 is 1.79 bits per heavy atom. The molecule has 1 aliphatic heterocycles. The number of amides is 1. The standard InChI is InChI=1S/C21H25F3N4O/c1-21(2,3)28-8-6-14(7-9-28)27-20(29)16-10-13(22)12-25-19(16)26-15-4-5-17(23)18(24)11-15/h4-5,10-12,14H,6-9H2,1-3H3,(H,25,26)(H,27,29). The third kappa shape index (κ3) is 5.26. The predicted octanol–water partition coefficient (Wildman–Crippen LogP) is 4.24. The summed E-state index contributed by atoms with van der Waals surface area (Å²) in [5, 5.41) is 5.69. The van der Waals surface area contributed by atoms with Gasteiger partial charge in [0.2, 0.25) is 0 Å². The molecule has 156 valence electrons. The summed E-state index contributed by atoms with van der Waals surface area (Å²) in [4.78, 5) is 19.0. The van der Waals surface area contributed by atoms with E-state index in [0.29, 0.717) is 0 Å². The van der Waals surface area contributed by atoms with Crippen LogP contribution in [0.2, 0.25) is 0 Å². The van der Waals surface area contributed by atoms with Crippen LogP contribution in [0.15, 0.2) is 30.5 Å². The highest BCUT2D eigenvalue weighted by Gasteiger charge is 2.28. The number of benzene rings is 1. The second-order valence-electron chi connectivity index (χ2n) is 8.21. The number of rotatable bonds is 4. The van der Waals surface area contributed by atoms with Gasteiger partial charge in [-0.2, -0.15) is 0 Å². The van der Waals surface area contributed by atoms with Crippen LogP contribution in [0.5, 0.6) is 0 Å². The normalized spacial score (nSPS) is 15.9. The van der Waals surface area contributed by atoms with E-state index in [-0.39, 0.29) is 28.6 Å². The van der Waals surface area contributed by atoms with Crippen LogP contribution in [0, 0.1) is 17.5 Å². The van der Waals surface area contributed by atoms with E-state index in [1.807, 2.05) is 0 Å². The minimum atomic E-state index is -1.03. The van der Waals surface area contributed by atoms with Gasteiger partial charge in [0.05, 0.1) is 11.8 Å². The molecule has 0 aliphatic carbocycles. The molecule has 0 radical (unpaired) electrons. The van der Waals surface area contributed by atoms with Crippen molar-refractivity contribution in [3.8, 4) is 0 Å². The van der Waals surface area contributed by atoms with Crippen LogP contribution in [0.4, 0.5) is 24.7 Å². The Morgan fingerprint density at radius 3 is 2.41 bits per heavy atom. The number of nitrogens with zero attached hydrogens (tertiary/aromatic N) is 2. The Labute approximate surface area is 168 Å². The van der Waals surface area contributed by atoms with Crippen molar-refractivity contribution in [2.24, 2.45) is 0 Å². The summed E-state index contributed by atoms with van der Waals surface area (Å²) in [6, 6.07) is 4.27. The van der Waals surface area contributed by atoms with E-state index in [1.165, 1.54) is 6.07 Å². The number of piperidine rings is 1. The monoisotopic (exact) mass is 406 g/mol. The van der Waals surface area contributed by atoms with Gasteiger partial charge in [-0.3, -0.25) is 9.69 Å². The third-order valence-electron chi connectivity index (χ3n) is 5.06. The van der Waals surface area contributed by atoms with Crippen LogP contribution in [0.1, 0.15) is 44.0 Å². The maximum atomic E-state index is 13.7. The summed E-state index contributed by atoms with van der Waals surface area (Å²) in [5.74, 6) is -3.07. The number of carbonyl (C=O) groups is 1. The zero-order valence-electron chi connectivity index (χ0n) is 16.7. The van der Waals surface area contributed by atoms with Crippen LogP contribution in [-0.2, 0) is 0 Å². The fraction of sp³-hybridized carbons (Fsp3) is 0.429. The number of likely N-dealkylation sites (tertiary alicyclic amines) is 1. The number of carbonyl (C=O) groups excluding carboxylic acids is 1. The van der Waals surface area contributed by atoms with Gasteiger partial charge < -0.3 is 10.6 Å². The first-order valence-corrected chi connectivity index (χ1v) is 9.57. The molecule has 1 aromatic carbocycles. The van der Waals surface area contributed by atoms with Crippen molar-refractivity contribution < 1.29 is 18.0 Å². The molecule has 2 heterocycles. The summed E-state index contributed by atoms with van der Waals surface area (Å²) in [6.07, 6.45) is 2.54. The molecule has 2 N–H and O–H groups in total. The molecule has 5 nitrogen and oxygen atoms in total. The van der Waals surface area contributed by atoms with Gasteiger partial charge in [-0.1, -0.05) is 0 Å². The van der Waals surface area contributed by atoms with E-state index in [4.69, 9.17) is 0 Å². The molecule has 0 bridgehead atoms. The van der Waals surface area contributed by atoms with Gasteiger partial charge in [0, 0.05) is 36.4 Å². The third-order valence-corrected chi connectivity index (χ3v) is 5.06. The van der Waals surface area contributed by atoms with Crippen molar-refractivity contribution in [2.45, 2.75) is 45.2 Å². The molecular formula is C21H25F3N4O. The van der Waals surface area contributed by atoms with Crippen LogP contribution in [0.25, 0.3) is 0 Å². The molecule has 1 aliphatic rings. The lowest BCUT2D eigenvalue weighted by atomic mass is 9.98. The molecular weight excluding hydrogens is 381 g/mol. The molecule has 1 fully saturated rings. The first-order valence-electron chi connectivity index (χ1n) is 9.57. The molecule has 2 aromatic rings. The molecule has 0 atom stereocenters. The van der Waals surface area contributed by atoms with Crippen LogP contribution >= 0.6 is 0 Å². The van der Waals surface area contributed by atoms with Crippen LogP contribution in [0.3, 0.4) is 0 Å². The minimum Gasteiger partial charge on any atom is -0.349 e. The van der Waals surface area contributed by atoms with Gasteiger partial charge in [0.1, 0.15) is 11.6 Å². The first-order chi connectivity index (χ1) is 13.6.